The summed E-state index contributed by atoms with van der Waals surface area (Å²) in [6.45, 7) is 1.96. The van der Waals surface area contributed by atoms with Gasteiger partial charge in [-0.1, -0.05) is 22.9 Å². The minimum Gasteiger partial charge on any atom is -0.398 e. The fraction of sp³-hybridized carbons (Fsp3) is 0.154. The summed E-state index contributed by atoms with van der Waals surface area (Å²) in [5.41, 5.74) is 7.29. The van der Waals surface area contributed by atoms with Gasteiger partial charge < -0.3 is 5.73 Å². The maximum Gasteiger partial charge on any atom is 0.265 e. The molecular formula is C13H14BrN3O2S. The molecule has 3 N–H and O–H groups in total. The largest absolute Gasteiger partial charge is 0.398 e. The predicted molar refractivity (Wildman–Crippen MR) is 83.0 cm³/mol. The van der Waals surface area contributed by atoms with E-state index >= 15 is 0 Å². The molecule has 0 fully saturated rings. The maximum atomic E-state index is 12.3. The van der Waals surface area contributed by atoms with Crippen LogP contribution in [-0.4, -0.2) is 13.4 Å². The molecule has 0 amide bonds. The van der Waals surface area contributed by atoms with E-state index < -0.39 is 10.0 Å². The van der Waals surface area contributed by atoms with Crippen molar-refractivity contribution in [2.45, 2.75) is 18.2 Å². The molecule has 0 aliphatic carbocycles. The summed E-state index contributed by atoms with van der Waals surface area (Å²) in [7, 11) is -3.74. The summed E-state index contributed by atoms with van der Waals surface area (Å²) in [6, 6.07) is 6.83. The topological polar surface area (TPSA) is 85.1 Å². The summed E-state index contributed by atoms with van der Waals surface area (Å²) in [4.78, 5) is 3.78. The Morgan fingerprint density at radius 1 is 1.35 bits per heavy atom. The standard InChI is InChI=1S/C13H14BrN3O2S/c1-2-9-7-10(14)3-4-12(9)17-20(18,19)13-8-16-6-5-11(13)15/h3-8,17H,2H2,1H3,(H2,15,16). The minimum atomic E-state index is -3.74. The molecule has 2 rings (SSSR count). The Morgan fingerprint density at radius 3 is 2.75 bits per heavy atom. The number of pyridine rings is 1. The summed E-state index contributed by atoms with van der Waals surface area (Å²) in [5, 5.41) is 0. The summed E-state index contributed by atoms with van der Waals surface area (Å²) in [5.74, 6) is 0. The number of hydrogen-bond donors (Lipinski definition) is 2. The minimum absolute atomic E-state index is 0.0232. The number of nitrogens with zero attached hydrogens (tertiary/aromatic N) is 1. The number of nitrogen functional groups attached to an aromatic ring is 1. The quantitative estimate of drug-likeness (QED) is 0.882. The highest BCUT2D eigenvalue weighted by molar-refractivity contribution is 9.10. The van der Waals surface area contributed by atoms with Gasteiger partial charge in [0.25, 0.3) is 10.0 Å². The second kappa shape index (κ2) is 5.80. The SMILES string of the molecule is CCc1cc(Br)ccc1NS(=O)(=O)c1cnccc1N. The molecule has 106 valence electrons. The number of aryl methyl sites for hydroxylation is 1. The van der Waals surface area contributed by atoms with Gasteiger partial charge in [0.05, 0.1) is 11.4 Å². The molecule has 0 saturated carbocycles. The van der Waals surface area contributed by atoms with Gasteiger partial charge in [-0.25, -0.2) is 8.42 Å². The van der Waals surface area contributed by atoms with Crippen LogP contribution in [0.15, 0.2) is 46.0 Å². The molecule has 0 aliphatic rings. The molecule has 0 radical (unpaired) electrons. The zero-order valence-electron chi connectivity index (χ0n) is 10.8. The smallest absolute Gasteiger partial charge is 0.265 e. The van der Waals surface area contributed by atoms with Crippen molar-refractivity contribution in [3.05, 3.63) is 46.7 Å². The average Bonchev–Trinajstić information content (AvgIpc) is 2.41. The number of benzene rings is 1. The second-order valence-corrected chi connectivity index (χ2v) is 6.74. The van der Waals surface area contributed by atoms with Crippen LogP contribution in [0.1, 0.15) is 12.5 Å². The normalized spacial score (nSPS) is 11.3. The van der Waals surface area contributed by atoms with Gasteiger partial charge in [-0.3, -0.25) is 9.71 Å². The monoisotopic (exact) mass is 355 g/mol. The van der Waals surface area contributed by atoms with Crippen LogP contribution in [0.5, 0.6) is 0 Å². The van der Waals surface area contributed by atoms with Gasteiger partial charge in [0.2, 0.25) is 0 Å². The number of halogens is 1. The van der Waals surface area contributed by atoms with E-state index in [4.69, 9.17) is 5.73 Å². The van der Waals surface area contributed by atoms with Crippen LogP contribution in [0.4, 0.5) is 11.4 Å². The van der Waals surface area contributed by atoms with Crippen molar-refractivity contribution in [3.63, 3.8) is 0 Å². The lowest BCUT2D eigenvalue weighted by Crippen LogP contribution is -2.16. The third-order valence-corrected chi connectivity index (χ3v) is 4.70. The van der Waals surface area contributed by atoms with E-state index in [-0.39, 0.29) is 10.6 Å². The lowest BCUT2D eigenvalue weighted by molar-refractivity contribution is 0.601. The van der Waals surface area contributed by atoms with E-state index in [0.29, 0.717) is 12.1 Å². The maximum absolute atomic E-state index is 12.3. The molecular weight excluding hydrogens is 342 g/mol. The van der Waals surface area contributed by atoms with Crippen LogP contribution in [-0.2, 0) is 16.4 Å². The van der Waals surface area contributed by atoms with Gasteiger partial charge >= 0.3 is 0 Å². The zero-order valence-corrected chi connectivity index (χ0v) is 13.2. The number of aromatic nitrogens is 1. The first kappa shape index (κ1) is 14.8. The van der Waals surface area contributed by atoms with Gasteiger partial charge in [0.1, 0.15) is 4.90 Å². The highest BCUT2D eigenvalue weighted by atomic mass is 79.9. The Morgan fingerprint density at radius 2 is 2.10 bits per heavy atom. The number of anilines is 2. The number of rotatable bonds is 4. The molecule has 1 aromatic heterocycles. The van der Waals surface area contributed by atoms with E-state index in [1.807, 2.05) is 13.0 Å². The van der Waals surface area contributed by atoms with E-state index in [1.165, 1.54) is 18.5 Å². The first-order valence-corrected chi connectivity index (χ1v) is 8.22. The average molecular weight is 356 g/mol. The van der Waals surface area contributed by atoms with Crippen molar-refractivity contribution < 1.29 is 8.42 Å². The third kappa shape index (κ3) is 3.10. The molecule has 20 heavy (non-hydrogen) atoms. The Balaban J connectivity index is 2.41. The fourth-order valence-electron chi connectivity index (χ4n) is 1.77. The molecule has 7 heteroatoms. The fourth-order valence-corrected chi connectivity index (χ4v) is 3.35. The van der Waals surface area contributed by atoms with Crippen molar-refractivity contribution in [1.82, 2.24) is 4.98 Å². The molecule has 0 atom stereocenters. The molecule has 5 nitrogen and oxygen atoms in total. The highest BCUT2D eigenvalue weighted by Gasteiger charge is 2.18. The third-order valence-electron chi connectivity index (χ3n) is 2.80. The molecule has 0 saturated heterocycles. The first-order valence-electron chi connectivity index (χ1n) is 5.95. The zero-order chi connectivity index (χ0) is 14.8. The van der Waals surface area contributed by atoms with Crippen LogP contribution in [0.25, 0.3) is 0 Å². The van der Waals surface area contributed by atoms with E-state index in [2.05, 4.69) is 25.6 Å². The predicted octanol–water partition coefficient (Wildman–Crippen LogP) is 2.79. The number of nitrogens with two attached hydrogens (primary N) is 1. The van der Waals surface area contributed by atoms with Crippen LogP contribution in [0, 0.1) is 0 Å². The molecule has 1 heterocycles. The molecule has 0 spiro atoms. The summed E-state index contributed by atoms with van der Waals surface area (Å²) >= 11 is 3.37. The van der Waals surface area contributed by atoms with Crippen LogP contribution in [0.2, 0.25) is 0 Å². The number of nitrogens with one attached hydrogen (secondary N) is 1. The lowest BCUT2D eigenvalue weighted by Gasteiger charge is -2.13. The summed E-state index contributed by atoms with van der Waals surface area (Å²) < 4.78 is 28.1. The van der Waals surface area contributed by atoms with E-state index in [9.17, 15) is 8.42 Å². The van der Waals surface area contributed by atoms with E-state index in [0.717, 1.165) is 10.0 Å². The molecule has 0 bridgehead atoms. The van der Waals surface area contributed by atoms with Crippen molar-refractivity contribution in [1.29, 1.82) is 0 Å². The number of hydrogen-bond acceptors (Lipinski definition) is 4. The number of sulfonamides is 1. The van der Waals surface area contributed by atoms with Crippen LogP contribution < -0.4 is 10.5 Å². The Bertz CT molecular complexity index is 732. The van der Waals surface area contributed by atoms with Gasteiger partial charge in [0, 0.05) is 16.9 Å². The van der Waals surface area contributed by atoms with Crippen molar-refractivity contribution in [2.75, 3.05) is 10.5 Å². The van der Waals surface area contributed by atoms with Crippen molar-refractivity contribution in [3.8, 4) is 0 Å². The molecule has 1 aromatic carbocycles. The summed E-state index contributed by atoms with van der Waals surface area (Å²) in [6.07, 6.45) is 3.40. The van der Waals surface area contributed by atoms with Crippen molar-refractivity contribution >= 4 is 37.3 Å². The van der Waals surface area contributed by atoms with Crippen LogP contribution in [0.3, 0.4) is 0 Å². The van der Waals surface area contributed by atoms with Gasteiger partial charge in [-0.2, -0.15) is 0 Å². The molecule has 0 aliphatic heterocycles. The second-order valence-electron chi connectivity index (χ2n) is 4.17. The molecule has 0 unspecified atom stereocenters. The van der Waals surface area contributed by atoms with E-state index in [1.54, 1.807) is 12.1 Å². The van der Waals surface area contributed by atoms with Gasteiger partial charge in [-0.15, -0.1) is 0 Å². The van der Waals surface area contributed by atoms with Crippen molar-refractivity contribution in [2.24, 2.45) is 0 Å². The van der Waals surface area contributed by atoms with Gasteiger partial charge in [-0.05, 0) is 36.2 Å². The lowest BCUT2D eigenvalue weighted by atomic mass is 10.1. The Kier molecular flexibility index (Phi) is 4.29. The first-order chi connectivity index (χ1) is 9.44. The van der Waals surface area contributed by atoms with Crippen LogP contribution >= 0.6 is 15.9 Å². The molecule has 2 aromatic rings. The Labute approximate surface area is 126 Å². The van der Waals surface area contributed by atoms with Gasteiger partial charge in [0.15, 0.2) is 0 Å². The highest BCUT2D eigenvalue weighted by Crippen LogP contribution is 2.25. The Hall–Kier alpha value is -1.60.